The van der Waals surface area contributed by atoms with Crippen LogP contribution in [0.4, 0.5) is 5.69 Å². The monoisotopic (exact) mass is 222 g/mol. The number of amides is 1. The van der Waals surface area contributed by atoms with Crippen molar-refractivity contribution in [3.8, 4) is 5.75 Å². The molecule has 0 fully saturated rings. The van der Waals surface area contributed by atoms with E-state index in [9.17, 15) is 4.79 Å². The van der Waals surface area contributed by atoms with Crippen LogP contribution >= 0.6 is 0 Å². The SMILES string of the molecule is CCCC(NC)C(=O)Nc1ccc(O)cc1. The summed E-state index contributed by atoms with van der Waals surface area (Å²) < 4.78 is 0. The zero-order valence-corrected chi connectivity index (χ0v) is 9.66. The molecule has 0 radical (unpaired) electrons. The lowest BCUT2D eigenvalue weighted by Crippen LogP contribution is -2.38. The van der Waals surface area contributed by atoms with Gasteiger partial charge in [-0.15, -0.1) is 0 Å². The number of hydrogen-bond acceptors (Lipinski definition) is 3. The molecule has 0 aliphatic rings. The summed E-state index contributed by atoms with van der Waals surface area (Å²) in [5, 5.41) is 14.9. The zero-order chi connectivity index (χ0) is 12.0. The molecule has 88 valence electrons. The second-order valence-corrected chi connectivity index (χ2v) is 3.67. The molecule has 0 aliphatic heterocycles. The number of anilines is 1. The summed E-state index contributed by atoms with van der Waals surface area (Å²) in [4.78, 5) is 11.8. The molecule has 1 rings (SSSR count). The predicted octanol–water partition coefficient (Wildman–Crippen LogP) is 1.72. The highest BCUT2D eigenvalue weighted by Crippen LogP contribution is 2.14. The maximum atomic E-state index is 11.8. The summed E-state index contributed by atoms with van der Waals surface area (Å²) >= 11 is 0. The normalized spacial score (nSPS) is 12.1. The summed E-state index contributed by atoms with van der Waals surface area (Å²) in [6, 6.07) is 6.27. The highest BCUT2D eigenvalue weighted by atomic mass is 16.3. The number of nitrogens with one attached hydrogen (secondary N) is 2. The molecule has 0 aliphatic carbocycles. The summed E-state index contributed by atoms with van der Waals surface area (Å²) in [7, 11) is 1.77. The van der Waals surface area contributed by atoms with Gasteiger partial charge in [-0.05, 0) is 37.7 Å². The quantitative estimate of drug-likeness (QED) is 0.665. The standard InChI is InChI=1S/C12H18N2O2/c1-3-4-11(13-2)12(16)14-9-5-7-10(15)8-6-9/h5-8,11,13,15H,3-4H2,1-2H3,(H,14,16). The molecule has 0 saturated heterocycles. The van der Waals surface area contributed by atoms with Crippen molar-refractivity contribution < 1.29 is 9.90 Å². The van der Waals surface area contributed by atoms with E-state index in [1.54, 1.807) is 31.3 Å². The Morgan fingerprint density at radius 3 is 2.50 bits per heavy atom. The van der Waals surface area contributed by atoms with Crippen LogP contribution in [0.3, 0.4) is 0 Å². The third-order valence-corrected chi connectivity index (χ3v) is 2.38. The molecular weight excluding hydrogens is 204 g/mol. The van der Waals surface area contributed by atoms with Crippen molar-refractivity contribution in [1.29, 1.82) is 0 Å². The van der Waals surface area contributed by atoms with Gasteiger partial charge in [-0.2, -0.15) is 0 Å². The lowest BCUT2D eigenvalue weighted by Gasteiger charge is -2.15. The molecule has 0 aromatic heterocycles. The largest absolute Gasteiger partial charge is 0.508 e. The molecule has 4 heteroatoms. The van der Waals surface area contributed by atoms with E-state index in [2.05, 4.69) is 10.6 Å². The number of phenolic OH excluding ortho intramolecular Hbond substituents is 1. The lowest BCUT2D eigenvalue weighted by atomic mass is 10.1. The fraction of sp³-hybridized carbons (Fsp3) is 0.417. The van der Waals surface area contributed by atoms with E-state index >= 15 is 0 Å². The maximum Gasteiger partial charge on any atom is 0.241 e. The van der Waals surface area contributed by atoms with Crippen LogP contribution in [-0.4, -0.2) is 24.1 Å². The average molecular weight is 222 g/mol. The van der Waals surface area contributed by atoms with Crippen LogP contribution in [0.15, 0.2) is 24.3 Å². The van der Waals surface area contributed by atoms with Crippen molar-refractivity contribution in [3.05, 3.63) is 24.3 Å². The third kappa shape index (κ3) is 3.55. The first kappa shape index (κ1) is 12.5. The number of hydrogen-bond donors (Lipinski definition) is 3. The van der Waals surface area contributed by atoms with Crippen LogP contribution in [0.25, 0.3) is 0 Å². The number of likely N-dealkylation sites (N-methyl/N-ethyl adjacent to an activating group) is 1. The van der Waals surface area contributed by atoms with E-state index in [4.69, 9.17) is 5.11 Å². The van der Waals surface area contributed by atoms with Gasteiger partial charge in [0.1, 0.15) is 5.75 Å². The van der Waals surface area contributed by atoms with Gasteiger partial charge in [-0.25, -0.2) is 0 Å². The first-order chi connectivity index (χ1) is 7.67. The molecule has 0 heterocycles. The van der Waals surface area contributed by atoms with E-state index < -0.39 is 0 Å². The maximum absolute atomic E-state index is 11.8. The van der Waals surface area contributed by atoms with Crippen LogP contribution < -0.4 is 10.6 Å². The Morgan fingerprint density at radius 2 is 2.00 bits per heavy atom. The minimum absolute atomic E-state index is 0.0463. The summed E-state index contributed by atoms with van der Waals surface area (Å²) in [5.41, 5.74) is 0.694. The van der Waals surface area contributed by atoms with Crippen molar-refractivity contribution >= 4 is 11.6 Å². The fourth-order valence-corrected chi connectivity index (χ4v) is 1.47. The van der Waals surface area contributed by atoms with E-state index in [1.165, 1.54) is 0 Å². The van der Waals surface area contributed by atoms with Gasteiger partial charge in [0.05, 0.1) is 6.04 Å². The van der Waals surface area contributed by atoms with Gasteiger partial charge in [-0.3, -0.25) is 4.79 Å². The zero-order valence-electron chi connectivity index (χ0n) is 9.66. The molecule has 0 spiro atoms. The first-order valence-corrected chi connectivity index (χ1v) is 5.44. The smallest absolute Gasteiger partial charge is 0.241 e. The summed E-state index contributed by atoms with van der Waals surface area (Å²) in [6.07, 6.45) is 1.76. The molecule has 3 N–H and O–H groups in total. The molecule has 0 bridgehead atoms. The average Bonchev–Trinajstić information content (AvgIpc) is 2.29. The first-order valence-electron chi connectivity index (χ1n) is 5.44. The Balaban J connectivity index is 2.59. The van der Waals surface area contributed by atoms with E-state index in [1.807, 2.05) is 6.92 Å². The highest BCUT2D eigenvalue weighted by Gasteiger charge is 2.14. The number of phenols is 1. The summed E-state index contributed by atoms with van der Waals surface area (Å²) in [5.74, 6) is 0.145. The van der Waals surface area contributed by atoms with Crippen molar-refractivity contribution in [2.75, 3.05) is 12.4 Å². The second-order valence-electron chi connectivity index (χ2n) is 3.67. The van der Waals surface area contributed by atoms with Gasteiger partial charge >= 0.3 is 0 Å². The van der Waals surface area contributed by atoms with Crippen LogP contribution in [0.1, 0.15) is 19.8 Å². The molecule has 1 atom stereocenters. The van der Waals surface area contributed by atoms with Gasteiger partial charge in [-0.1, -0.05) is 13.3 Å². The number of benzene rings is 1. The van der Waals surface area contributed by atoms with Crippen molar-refractivity contribution in [2.24, 2.45) is 0 Å². The number of aromatic hydroxyl groups is 1. The second kappa shape index (κ2) is 6.12. The Labute approximate surface area is 95.7 Å². The highest BCUT2D eigenvalue weighted by molar-refractivity contribution is 5.94. The molecule has 1 amide bonds. The van der Waals surface area contributed by atoms with Crippen LogP contribution in [0.5, 0.6) is 5.75 Å². The van der Waals surface area contributed by atoms with Gasteiger partial charge in [0.25, 0.3) is 0 Å². The Bertz CT molecular complexity index is 335. The summed E-state index contributed by atoms with van der Waals surface area (Å²) in [6.45, 7) is 2.04. The van der Waals surface area contributed by atoms with Gasteiger partial charge in [0.2, 0.25) is 5.91 Å². The molecule has 1 aromatic carbocycles. The van der Waals surface area contributed by atoms with Gasteiger partial charge < -0.3 is 15.7 Å². The van der Waals surface area contributed by atoms with Crippen molar-refractivity contribution in [2.45, 2.75) is 25.8 Å². The Kier molecular flexibility index (Phi) is 4.79. The molecular formula is C12H18N2O2. The Morgan fingerprint density at radius 1 is 1.38 bits per heavy atom. The van der Waals surface area contributed by atoms with E-state index in [0.29, 0.717) is 5.69 Å². The fourth-order valence-electron chi connectivity index (χ4n) is 1.47. The number of rotatable bonds is 5. The number of carbonyl (C=O) groups is 1. The third-order valence-electron chi connectivity index (χ3n) is 2.38. The lowest BCUT2D eigenvalue weighted by molar-refractivity contribution is -0.118. The van der Waals surface area contributed by atoms with Gasteiger partial charge in [0.15, 0.2) is 0 Å². The topological polar surface area (TPSA) is 61.4 Å². The molecule has 1 aromatic rings. The molecule has 16 heavy (non-hydrogen) atoms. The van der Waals surface area contributed by atoms with Crippen molar-refractivity contribution in [1.82, 2.24) is 5.32 Å². The minimum atomic E-state index is -0.168. The van der Waals surface area contributed by atoms with Crippen LogP contribution in [0.2, 0.25) is 0 Å². The van der Waals surface area contributed by atoms with Gasteiger partial charge in [0, 0.05) is 5.69 Å². The van der Waals surface area contributed by atoms with Crippen LogP contribution in [0, 0.1) is 0 Å². The molecule has 1 unspecified atom stereocenters. The minimum Gasteiger partial charge on any atom is -0.508 e. The van der Waals surface area contributed by atoms with Crippen molar-refractivity contribution in [3.63, 3.8) is 0 Å². The molecule has 4 nitrogen and oxygen atoms in total. The predicted molar refractivity (Wildman–Crippen MR) is 64.5 cm³/mol. The number of carbonyl (C=O) groups excluding carboxylic acids is 1. The Hall–Kier alpha value is -1.55. The van der Waals surface area contributed by atoms with Crippen LogP contribution in [-0.2, 0) is 4.79 Å². The van der Waals surface area contributed by atoms with E-state index in [0.717, 1.165) is 12.8 Å². The molecule has 0 saturated carbocycles. The van der Waals surface area contributed by atoms with E-state index in [-0.39, 0.29) is 17.7 Å².